The highest BCUT2D eigenvalue weighted by Gasteiger charge is 2.25. The number of carbonyl (C=O) groups is 2. The van der Waals surface area contributed by atoms with Gasteiger partial charge in [0.25, 0.3) is 0 Å². The van der Waals surface area contributed by atoms with Crippen LogP contribution in [0.3, 0.4) is 0 Å². The summed E-state index contributed by atoms with van der Waals surface area (Å²) in [6, 6.07) is 0.0610. The van der Waals surface area contributed by atoms with Gasteiger partial charge >= 0.3 is 6.01 Å². The van der Waals surface area contributed by atoms with Crippen LogP contribution in [0.5, 0.6) is 6.01 Å². The van der Waals surface area contributed by atoms with Crippen LogP contribution in [0.25, 0.3) is 0 Å². The zero-order valence-corrected chi connectivity index (χ0v) is 10.3. The molecule has 0 bridgehead atoms. The Morgan fingerprint density at radius 3 is 2.56 bits per heavy atom. The highest BCUT2D eigenvalue weighted by atomic mass is 35.5. The van der Waals surface area contributed by atoms with Crippen LogP contribution < -0.4 is 15.0 Å². The molecule has 9 heteroatoms. The Kier molecular flexibility index (Phi) is 3.56. The molecule has 0 unspecified atom stereocenters. The van der Waals surface area contributed by atoms with Crippen molar-refractivity contribution in [2.24, 2.45) is 0 Å². The first-order valence-electron chi connectivity index (χ1n) is 5.20. The molecule has 1 aliphatic rings. The predicted octanol–water partition coefficient (Wildman–Crippen LogP) is -0.614. The Bertz CT molecular complexity index is 479. The highest BCUT2D eigenvalue weighted by molar-refractivity contribution is 6.28. The summed E-state index contributed by atoms with van der Waals surface area (Å²) < 4.78 is 5.11. The average molecular weight is 272 g/mol. The van der Waals surface area contributed by atoms with E-state index in [0.29, 0.717) is 6.61 Å². The summed E-state index contributed by atoms with van der Waals surface area (Å²) in [7, 11) is 0. The van der Waals surface area contributed by atoms with Gasteiger partial charge in [-0.15, -0.1) is 0 Å². The van der Waals surface area contributed by atoms with E-state index < -0.39 is 11.8 Å². The van der Waals surface area contributed by atoms with Crippen molar-refractivity contribution < 1.29 is 14.3 Å². The van der Waals surface area contributed by atoms with Gasteiger partial charge in [-0.2, -0.15) is 15.0 Å². The van der Waals surface area contributed by atoms with Gasteiger partial charge in [-0.25, -0.2) is 0 Å². The van der Waals surface area contributed by atoms with E-state index in [1.165, 1.54) is 4.90 Å². The van der Waals surface area contributed by atoms with Crippen LogP contribution in [0.4, 0.5) is 5.95 Å². The third-order valence-corrected chi connectivity index (χ3v) is 2.25. The maximum absolute atomic E-state index is 11.2. The molecule has 96 valence electrons. The molecule has 1 aliphatic heterocycles. The van der Waals surface area contributed by atoms with Crippen LogP contribution in [0, 0.1) is 0 Å². The van der Waals surface area contributed by atoms with Gasteiger partial charge < -0.3 is 9.64 Å². The van der Waals surface area contributed by atoms with Crippen molar-refractivity contribution >= 4 is 29.4 Å². The molecule has 2 rings (SSSR count). The number of nitrogens with zero attached hydrogens (tertiary/aromatic N) is 4. The second-order valence-electron chi connectivity index (χ2n) is 3.45. The fourth-order valence-electron chi connectivity index (χ4n) is 1.44. The summed E-state index contributed by atoms with van der Waals surface area (Å²) in [5.41, 5.74) is 0. The van der Waals surface area contributed by atoms with E-state index in [1.54, 1.807) is 6.92 Å². The number of imide groups is 1. The molecule has 1 saturated heterocycles. The lowest BCUT2D eigenvalue weighted by molar-refractivity contribution is -0.130. The van der Waals surface area contributed by atoms with E-state index in [9.17, 15) is 9.59 Å². The van der Waals surface area contributed by atoms with Crippen LogP contribution in [0.1, 0.15) is 6.92 Å². The second-order valence-corrected chi connectivity index (χ2v) is 3.79. The molecule has 18 heavy (non-hydrogen) atoms. The lowest BCUT2D eigenvalue weighted by atomic mass is 10.3. The molecule has 0 radical (unpaired) electrons. The van der Waals surface area contributed by atoms with Gasteiger partial charge in [0, 0.05) is 0 Å². The van der Waals surface area contributed by atoms with Crippen molar-refractivity contribution in [1.82, 2.24) is 20.3 Å². The molecule has 0 saturated carbocycles. The molecule has 1 aromatic rings. The quantitative estimate of drug-likeness (QED) is 0.732. The Labute approximate surface area is 107 Å². The predicted molar refractivity (Wildman–Crippen MR) is 61.4 cm³/mol. The first-order valence-corrected chi connectivity index (χ1v) is 5.58. The number of aromatic nitrogens is 3. The Balaban J connectivity index is 2.26. The maximum atomic E-state index is 11.2. The summed E-state index contributed by atoms with van der Waals surface area (Å²) in [4.78, 5) is 35.5. The van der Waals surface area contributed by atoms with Crippen molar-refractivity contribution in [1.29, 1.82) is 0 Å². The smallest absolute Gasteiger partial charge is 0.322 e. The van der Waals surface area contributed by atoms with E-state index in [4.69, 9.17) is 16.3 Å². The Morgan fingerprint density at radius 1 is 1.28 bits per heavy atom. The molecule has 0 aromatic carbocycles. The van der Waals surface area contributed by atoms with Crippen molar-refractivity contribution in [3.8, 4) is 6.01 Å². The summed E-state index contributed by atoms with van der Waals surface area (Å²) in [6.45, 7) is 2.11. The van der Waals surface area contributed by atoms with E-state index >= 15 is 0 Å². The number of piperazine rings is 1. The van der Waals surface area contributed by atoms with E-state index in [2.05, 4.69) is 20.3 Å². The van der Waals surface area contributed by atoms with Crippen LogP contribution in [0.2, 0.25) is 5.28 Å². The summed E-state index contributed by atoms with van der Waals surface area (Å²) in [5.74, 6) is -0.692. The molecule has 1 fully saturated rings. The number of carbonyl (C=O) groups excluding carboxylic acids is 2. The minimum absolute atomic E-state index is 0.0162. The van der Waals surface area contributed by atoms with Gasteiger partial charge in [0.15, 0.2) is 0 Å². The Hall–Kier alpha value is -1.96. The number of rotatable bonds is 3. The molecule has 0 atom stereocenters. The molecule has 1 aromatic heterocycles. The zero-order chi connectivity index (χ0) is 13.1. The van der Waals surface area contributed by atoms with E-state index in [-0.39, 0.29) is 30.3 Å². The van der Waals surface area contributed by atoms with Gasteiger partial charge in [0.1, 0.15) is 13.1 Å². The van der Waals surface area contributed by atoms with Crippen molar-refractivity contribution in [3.05, 3.63) is 5.28 Å². The molecule has 0 spiro atoms. The molecule has 1 N–H and O–H groups in total. The van der Waals surface area contributed by atoms with Crippen LogP contribution >= 0.6 is 11.6 Å². The van der Waals surface area contributed by atoms with Crippen molar-refractivity contribution in [2.75, 3.05) is 24.6 Å². The maximum Gasteiger partial charge on any atom is 0.322 e. The summed E-state index contributed by atoms with van der Waals surface area (Å²) >= 11 is 5.72. The third-order valence-electron chi connectivity index (χ3n) is 2.08. The van der Waals surface area contributed by atoms with Crippen molar-refractivity contribution in [3.63, 3.8) is 0 Å². The summed E-state index contributed by atoms with van der Waals surface area (Å²) in [6.07, 6.45) is 0. The van der Waals surface area contributed by atoms with Crippen LogP contribution in [0.15, 0.2) is 0 Å². The normalized spacial score (nSPS) is 15.6. The lowest BCUT2D eigenvalue weighted by Gasteiger charge is -2.25. The molecule has 0 aliphatic carbocycles. The summed E-state index contributed by atoms with van der Waals surface area (Å²) in [5, 5.41) is 2.12. The number of hydrogen-bond acceptors (Lipinski definition) is 7. The minimum atomic E-state index is -0.416. The first-order chi connectivity index (χ1) is 8.58. The molecular weight excluding hydrogens is 262 g/mol. The number of halogens is 1. The van der Waals surface area contributed by atoms with Gasteiger partial charge in [0.2, 0.25) is 23.0 Å². The lowest BCUT2D eigenvalue weighted by Crippen LogP contribution is -2.52. The minimum Gasteiger partial charge on any atom is -0.464 e. The standard InChI is InChI=1S/C9H10ClN5O3/c1-2-18-9-13-7(10)12-8(14-9)15-3-5(16)11-6(17)4-15/h2-4H2,1H3,(H,11,16,17). The molecule has 2 amide bonds. The topological polar surface area (TPSA) is 97.3 Å². The second kappa shape index (κ2) is 5.13. The van der Waals surface area contributed by atoms with Gasteiger partial charge in [-0.3, -0.25) is 14.9 Å². The number of ether oxygens (including phenoxy) is 1. The zero-order valence-electron chi connectivity index (χ0n) is 9.51. The SMILES string of the molecule is CCOc1nc(Cl)nc(N2CC(=O)NC(=O)C2)n1. The number of anilines is 1. The van der Waals surface area contributed by atoms with Gasteiger partial charge in [-0.05, 0) is 18.5 Å². The molecule has 2 heterocycles. The Morgan fingerprint density at radius 2 is 1.94 bits per heavy atom. The van der Waals surface area contributed by atoms with Gasteiger partial charge in [0.05, 0.1) is 6.61 Å². The fraction of sp³-hybridized carbons (Fsp3) is 0.444. The van der Waals surface area contributed by atoms with E-state index in [0.717, 1.165) is 0 Å². The highest BCUT2D eigenvalue weighted by Crippen LogP contribution is 2.15. The molecule has 8 nitrogen and oxygen atoms in total. The van der Waals surface area contributed by atoms with Crippen LogP contribution in [-0.2, 0) is 9.59 Å². The number of amides is 2. The monoisotopic (exact) mass is 271 g/mol. The van der Waals surface area contributed by atoms with Crippen molar-refractivity contribution in [2.45, 2.75) is 6.92 Å². The van der Waals surface area contributed by atoms with Crippen LogP contribution in [-0.4, -0.2) is 46.5 Å². The molecular formula is C9H10ClN5O3. The largest absolute Gasteiger partial charge is 0.464 e. The fourth-order valence-corrected chi connectivity index (χ4v) is 1.58. The van der Waals surface area contributed by atoms with Gasteiger partial charge in [-0.1, -0.05) is 0 Å². The number of hydrogen-bond donors (Lipinski definition) is 1. The number of nitrogens with one attached hydrogen (secondary N) is 1. The average Bonchev–Trinajstić information content (AvgIpc) is 2.27. The van der Waals surface area contributed by atoms with E-state index in [1.807, 2.05) is 0 Å². The third kappa shape index (κ3) is 2.83. The first kappa shape index (κ1) is 12.5.